The molecule has 0 radical (unpaired) electrons. The molecule has 0 spiro atoms. The zero-order chi connectivity index (χ0) is 11.6. The Morgan fingerprint density at radius 2 is 1.88 bits per heavy atom. The number of hydrogen-bond acceptors (Lipinski definition) is 0. The van der Waals surface area contributed by atoms with Gasteiger partial charge in [-0.15, -0.1) is 0 Å². The highest BCUT2D eigenvalue weighted by atomic mass is 19.1. The predicted octanol–water partition coefficient (Wildman–Crippen LogP) is 4.46. The third-order valence-corrected chi connectivity index (χ3v) is 3.79. The first-order valence-corrected chi connectivity index (χ1v) is 6.09. The Labute approximate surface area is 97.2 Å². The Balaban J connectivity index is 2.43. The number of halogens is 1. The second kappa shape index (κ2) is 4.40. The van der Waals surface area contributed by atoms with Gasteiger partial charge in [0.05, 0.1) is 0 Å². The van der Waals surface area contributed by atoms with Crippen molar-refractivity contribution in [1.82, 2.24) is 0 Å². The van der Waals surface area contributed by atoms with Crippen molar-refractivity contribution < 1.29 is 4.39 Å². The van der Waals surface area contributed by atoms with Gasteiger partial charge in [0.1, 0.15) is 5.82 Å². The third kappa shape index (κ3) is 1.91. The molecule has 0 N–H and O–H groups in total. The van der Waals surface area contributed by atoms with E-state index in [2.05, 4.69) is 26.0 Å². The molecule has 0 heterocycles. The number of benzene rings is 1. The maximum Gasteiger partial charge on any atom is 0.123 e. The first-order valence-electron chi connectivity index (χ1n) is 6.09. The van der Waals surface area contributed by atoms with E-state index >= 15 is 0 Å². The molecule has 1 aliphatic carbocycles. The minimum Gasteiger partial charge on any atom is -0.207 e. The fourth-order valence-electron chi connectivity index (χ4n) is 2.70. The van der Waals surface area contributed by atoms with E-state index in [-0.39, 0.29) is 11.2 Å². The van der Waals surface area contributed by atoms with Crippen LogP contribution in [-0.4, -0.2) is 0 Å². The normalized spacial score (nSPS) is 25.0. The monoisotopic (exact) mass is 218 g/mol. The molecule has 0 bridgehead atoms. The van der Waals surface area contributed by atoms with Crippen LogP contribution in [0.25, 0.3) is 0 Å². The highest BCUT2D eigenvalue weighted by molar-refractivity contribution is 5.33. The molecule has 16 heavy (non-hydrogen) atoms. The maximum atomic E-state index is 13.0. The molecule has 1 aliphatic rings. The molecule has 0 aromatic heterocycles. The van der Waals surface area contributed by atoms with Gasteiger partial charge in [0.2, 0.25) is 0 Å². The number of rotatable bonds is 2. The van der Waals surface area contributed by atoms with E-state index < -0.39 is 0 Å². The first-order chi connectivity index (χ1) is 7.65. The van der Waals surface area contributed by atoms with E-state index in [1.165, 1.54) is 24.8 Å². The van der Waals surface area contributed by atoms with E-state index in [9.17, 15) is 4.39 Å². The van der Waals surface area contributed by atoms with Gasteiger partial charge in [0.25, 0.3) is 0 Å². The molecule has 1 aromatic carbocycles. The summed E-state index contributed by atoms with van der Waals surface area (Å²) in [5, 5.41) is 0. The lowest BCUT2D eigenvalue weighted by Gasteiger charge is -2.38. The van der Waals surface area contributed by atoms with Crippen molar-refractivity contribution in [1.29, 1.82) is 0 Å². The Morgan fingerprint density at radius 1 is 1.19 bits per heavy atom. The lowest BCUT2D eigenvalue weighted by molar-refractivity contribution is 0.338. The van der Waals surface area contributed by atoms with E-state index in [1.54, 1.807) is 12.1 Å². The fourth-order valence-corrected chi connectivity index (χ4v) is 2.70. The lowest BCUT2D eigenvalue weighted by atomic mass is 9.66. The van der Waals surface area contributed by atoms with Crippen molar-refractivity contribution in [2.24, 2.45) is 5.92 Å². The van der Waals surface area contributed by atoms with Crippen LogP contribution >= 0.6 is 0 Å². The predicted molar refractivity (Wildman–Crippen MR) is 65.9 cm³/mol. The summed E-state index contributed by atoms with van der Waals surface area (Å²) in [5.74, 6) is 0.400. The number of hydrogen-bond donors (Lipinski definition) is 0. The minimum absolute atomic E-state index is 0.117. The summed E-state index contributed by atoms with van der Waals surface area (Å²) in [4.78, 5) is 0. The maximum absolute atomic E-state index is 13.0. The van der Waals surface area contributed by atoms with Crippen molar-refractivity contribution in [3.05, 3.63) is 47.8 Å². The highest BCUT2D eigenvalue weighted by Crippen LogP contribution is 2.41. The molecule has 0 saturated heterocycles. The Hall–Kier alpha value is -1.11. The second-order valence-corrected chi connectivity index (χ2v) is 5.00. The summed E-state index contributed by atoms with van der Waals surface area (Å²) in [6, 6.07) is 7.01. The van der Waals surface area contributed by atoms with Crippen LogP contribution < -0.4 is 0 Å². The molecule has 0 saturated carbocycles. The summed E-state index contributed by atoms with van der Waals surface area (Å²) in [5.41, 5.74) is 1.37. The molecule has 1 unspecified atom stereocenters. The third-order valence-electron chi connectivity index (χ3n) is 3.79. The molecule has 2 rings (SSSR count). The standard InChI is InChI=1S/C15H19F/c1-12(2)15(10-4-3-5-11-15)13-6-8-14(16)9-7-13/h4,6-10,12H,3,5,11H2,1-2H3. The van der Waals surface area contributed by atoms with E-state index in [0.29, 0.717) is 5.92 Å². The van der Waals surface area contributed by atoms with Crippen molar-refractivity contribution in [3.63, 3.8) is 0 Å². The zero-order valence-electron chi connectivity index (χ0n) is 10.0. The Morgan fingerprint density at radius 3 is 2.38 bits per heavy atom. The Bertz CT molecular complexity index is 375. The van der Waals surface area contributed by atoms with Crippen LogP contribution in [0.4, 0.5) is 4.39 Å². The fraction of sp³-hybridized carbons (Fsp3) is 0.467. The molecule has 0 fully saturated rings. The van der Waals surface area contributed by atoms with Gasteiger partial charge in [-0.25, -0.2) is 4.39 Å². The number of allylic oxidation sites excluding steroid dienone is 2. The minimum atomic E-state index is -0.151. The quantitative estimate of drug-likeness (QED) is 0.643. The summed E-state index contributed by atoms with van der Waals surface area (Å²) < 4.78 is 13.0. The molecule has 0 nitrogen and oxygen atoms in total. The SMILES string of the molecule is CC(C)C1(c2ccc(F)cc2)C=CCCC1. The van der Waals surface area contributed by atoms with Crippen LogP contribution in [-0.2, 0) is 5.41 Å². The Kier molecular flexibility index (Phi) is 3.13. The van der Waals surface area contributed by atoms with Crippen LogP contribution in [0.15, 0.2) is 36.4 Å². The van der Waals surface area contributed by atoms with Crippen LogP contribution in [0.5, 0.6) is 0 Å². The van der Waals surface area contributed by atoms with Gasteiger partial charge < -0.3 is 0 Å². The van der Waals surface area contributed by atoms with E-state index in [0.717, 1.165) is 0 Å². The molecule has 1 atom stereocenters. The van der Waals surface area contributed by atoms with Gasteiger partial charge in [-0.2, -0.15) is 0 Å². The molecule has 1 aromatic rings. The van der Waals surface area contributed by atoms with Crippen molar-refractivity contribution >= 4 is 0 Å². The van der Waals surface area contributed by atoms with E-state index in [4.69, 9.17) is 0 Å². The van der Waals surface area contributed by atoms with Gasteiger partial charge in [0, 0.05) is 5.41 Å². The molecular formula is C15H19F. The van der Waals surface area contributed by atoms with Gasteiger partial charge in [-0.05, 0) is 42.9 Å². The van der Waals surface area contributed by atoms with Gasteiger partial charge in [0.15, 0.2) is 0 Å². The second-order valence-electron chi connectivity index (χ2n) is 5.00. The van der Waals surface area contributed by atoms with Crippen LogP contribution in [0.1, 0.15) is 38.7 Å². The molecular weight excluding hydrogens is 199 g/mol. The van der Waals surface area contributed by atoms with Gasteiger partial charge in [-0.1, -0.05) is 38.1 Å². The summed E-state index contributed by atoms with van der Waals surface area (Å²) in [6.45, 7) is 4.50. The average Bonchev–Trinajstić information content (AvgIpc) is 2.30. The van der Waals surface area contributed by atoms with Gasteiger partial charge in [-0.3, -0.25) is 0 Å². The highest BCUT2D eigenvalue weighted by Gasteiger charge is 2.33. The summed E-state index contributed by atoms with van der Waals surface area (Å²) in [6.07, 6.45) is 8.18. The molecule has 0 amide bonds. The summed E-state index contributed by atoms with van der Waals surface area (Å²) in [7, 11) is 0. The van der Waals surface area contributed by atoms with Crippen LogP contribution in [0, 0.1) is 11.7 Å². The van der Waals surface area contributed by atoms with Crippen molar-refractivity contribution in [3.8, 4) is 0 Å². The smallest absolute Gasteiger partial charge is 0.123 e. The van der Waals surface area contributed by atoms with Gasteiger partial charge >= 0.3 is 0 Å². The average molecular weight is 218 g/mol. The largest absolute Gasteiger partial charge is 0.207 e. The lowest BCUT2D eigenvalue weighted by Crippen LogP contribution is -2.31. The van der Waals surface area contributed by atoms with Crippen LogP contribution in [0.2, 0.25) is 0 Å². The molecule has 0 aliphatic heterocycles. The van der Waals surface area contributed by atoms with Crippen LogP contribution in [0.3, 0.4) is 0 Å². The summed E-state index contributed by atoms with van der Waals surface area (Å²) >= 11 is 0. The van der Waals surface area contributed by atoms with Crippen molar-refractivity contribution in [2.45, 2.75) is 38.5 Å². The van der Waals surface area contributed by atoms with E-state index in [1.807, 2.05) is 12.1 Å². The zero-order valence-corrected chi connectivity index (χ0v) is 10.0. The van der Waals surface area contributed by atoms with Crippen molar-refractivity contribution in [2.75, 3.05) is 0 Å². The first kappa shape index (κ1) is 11.4. The molecule has 86 valence electrons. The topological polar surface area (TPSA) is 0 Å². The molecule has 1 heteroatoms.